The Morgan fingerprint density at radius 3 is 2.96 bits per heavy atom. The summed E-state index contributed by atoms with van der Waals surface area (Å²) < 4.78 is 5.09. The Labute approximate surface area is 138 Å². The normalized spacial score (nSPS) is 11.6. The fourth-order valence-corrected chi connectivity index (χ4v) is 2.66. The summed E-state index contributed by atoms with van der Waals surface area (Å²) in [7, 11) is 0. The zero-order chi connectivity index (χ0) is 16.4. The van der Waals surface area contributed by atoms with Gasteiger partial charge in [-0.15, -0.1) is 11.3 Å². The summed E-state index contributed by atoms with van der Waals surface area (Å²) in [4.78, 5) is 15.1. The van der Waals surface area contributed by atoms with Gasteiger partial charge in [-0.2, -0.15) is 4.98 Å². The number of nitro benzene ring substituents is 1. The van der Waals surface area contributed by atoms with Crippen LogP contribution in [0.5, 0.6) is 5.75 Å². The van der Waals surface area contributed by atoms with E-state index in [1.165, 1.54) is 35.6 Å². The highest BCUT2D eigenvalue weighted by Crippen LogP contribution is 2.30. The number of thiophene rings is 1. The number of phenols is 1. The average Bonchev–Trinajstić information content (AvgIpc) is 3.19. The zero-order valence-electron chi connectivity index (χ0n) is 11.3. The van der Waals surface area contributed by atoms with E-state index in [9.17, 15) is 15.2 Å². The number of hydrogen-bond acceptors (Lipinski definition) is 7. The lowest BCUT2D eigenvalue weighted by Crippen LogP contribution is -1.89. The van der Waals surface area contributed by atoms with Crippen LogP contribution < -0.4 is 0 Å². The molecule has 0 aliphatic rings. The quantitative estimate of drug-likeness (QED) is 0.560. The first-order valence-corrected chi connectivity index (χ1v) is 7.53. The standard InChI is InChI=1S/C14H8ClN3O4S/c15-9(6-8-3-4-11(19)10(7-8)18(20)21)14-16-13(17-22-14)12-2-1-5-23-12/h1-7,19H/b9-6-. The third-order valence-corrected chi connectivity index (χ3v) is 4.00. The van der Waals surface area contributed by atoms with Crippen molar-refractivity contribution in [3.05, 3.63) is 57.3 Å². The van der Waals surface area contributed by atoms with Gasteiger partial charge in [-0.05, 0) is 29.2 Å². The molecule has 0 bridgehead atoms. The number of aromatic hydroxyl groups is 1. The van der Waals surface area contributed by atoms with Crippen molar-refractivity contribution in [2.24, 2.45) is 0 Å². The van der Waals surface area contributed by atoms with Gasteiger partial charge in [0.25, 0.3) is 5.89 Å². The summed E-state index contributed by atoms with van der Waals surface area (Å²) in [5, 5.41) is 26.1. The van der Waals surface area contributed by atoms with Crippen molar-refractivity contribution >= 4 is 39.7 Å². The van der Waals surface area contributed by atoms with E-state index in [2.05, 4.69) is 10.1 Å². The number of aromatic nitrogens is 2. The van der Waals surface area contributed by atoms with E-state index < -0.39 is 16.4 Å². The third-order valence-electron chi connectivity index (χ3n) is 2.86. The molecule has 3 rings (SSSR count). The van der Waals surface area contributed by atoms with E-state index in [0.717, 1.165) is 4.88 Å². The second kappa shape index (κ2) is 6.19. The van der Waals surface area contributed by atoms with Crippen LogP contribution in [0, 0.1) is 10.1 Å². The van der Waals surface area contributed by atoms with Crippen molar-refractivity contribution in [1.29, 1.82) is 0 Å². The summed E-state index contributed by atoms with van der Waals surface area (Å²) in [6.07, 6.45) is 1.44. The second-order valence-electron chi connectivity index (χ2n) is 4.40. The smallest absolute Gasteiger partial charge is 0.311 e. The van der Waals surface area contributed by atoms with Crippen molar-refractivity contribution in [1.82, 2.24) is 10.1 Å². The van der Waals surface area contributed by atoms with Crippen LogP contribution in [0.1, 0.15) is 11.5 Å². The van der Waals surface area contributed by atoms with Gasteiger partial charge in [-0.3, -0.25) is 10.1 Å². The molecule has 1 aromatic carbocycles. The molecular weight excluding hydrogens is 342 g/mol. The summed E-state index contributed by atoms with van der Waals surface area (Å²) in [6, 6.07) is 7.62. The monoisotopic (exact) mass is 349 g/mol. The van der Waals surface area contributed by atoms with Gasteiger partial charge in [0.2, 0.25) is 5.82 Å². The molecule has 1 N–H and O–H groups in total. The molecule has 3 aromatic rings. The van der Waals surface area contributed by atoms with Crippen LogP contribution in [0.2, 0.25) is 0 Å². The van der Waals surface area contributed by atoms with Gasteiger partial charge in [0, 0.05) is 6.07 Å². The summed E-state index contributed by atoms with van der Waals surface area (Å²) in [5.74, 6) is 0.102. The maximum Gasteiger partial charge on any atom is 0.311 e. The highest BCUT2D eigenvalue weighted by molar-refractivity contribution is 7.13. The molecule has 0 saturated carbocycles. The van der Waals surface area contributed by atoms with Gasteiger partial charge >= 0.3 is 5.69 Å². The Kier molecular flexibility index (Phi) is 4.09. The van der Waals surface area contributed by atoms with Crippen LogP contribution in [0.15, 0.2) is 40.2 Å². The van der Waals surface area contributed by atoms with Crippen molar-refractivity contribution < 1.29 is 14.6 Å². The topological polar surface area (TPSA) is 102 Å². The highest BCUT2D eigenvalue weighted by Gasteiger charge is 2.15. The molecule has 2 heterocycles. The number of nitrogens with zero attached hydrogens (tertiary/aromatic N) is 3. The molecule has 116 valence electrons. The van der Waals surface area contributed by atoms with Gasteiger partial charge in [-0.1, -0.05) is 28.9 Å². The maximum absolute atomic E-state index is 10.8. The Balaban J connectivity index is 1.91. The minimum atomic E-state index is -0.678. The molecule has 23 heavy (non-hydrogen) atoms. The predicted molar refractivity (Wildman–Crippen MR) is 86.1 cm³/mol. The lowest BCUT2D eigenvalue weighted by Gasteiger charge is -1.98. The van der Waals surface area contributed by atoms with E-state index in [-0.39, 0.29) is 10.9 Å². The molecule has 0 spiro atoms. The van der Waals surface area contributed by atoms with Crippen LogP contribution in [-0.4, -0.2) is 20.2 Å². The van der Waals surface area contributed by atoms with Gasteiger partial charge in [-0.25, -0.2) is 0 Å². The van der Waals surface area contributed by atoms with Crippen molar-refractivity contribution in [3.63, 3.8) is 0 Å². The molecule has 2 aromatic heterocycles. The second-order valence-corrected chi connectivity index (χ2v) is 5.75. The molecule has 0 unspecified atom stereocenters. The van der Waals surface area contributed by atoms with E-state index >= 15 is 0 Å². The van der Waals surface area contributed by atoms with Crippen LogP contribution in [0.25, 0.3) is 21.8 Å². The lowest BCUT2D eigenvalue weighted by atomic mass is 10.1. The third kappa shape index (κ3) is 3.22. The van der Waals surface area contributed by atoms with Crippen LogP contribution in [0.4, 0.5) is 5.69 Å². The average molecular weight is 350 g/mol. The zero-order valence-corrected chi connectivity index (χ0v) is 12.9. The van der Waals surface area contributed by atoms with E-state index in [4.69, 9.17) is 16.1 Å². The molecular formula is C14H8ClN3O4S. The van der Waals surface area contributed by atoms with E-state index in [0.29, 0.717) is 11.4 Å². The Hall–Kier alpha value is -2.71. The molecule has 0 fully saturated rings. The molecule has 9 heteroatoms. The number of halogens is 1. The van der Waals surface area contributed by atoms with Gasteiger partial charge in [0.15, 0.2) is 5.75 Å². The van der Waals surface area contributed by atoms with E-state index in [1.807, 2.05) is 17.5 Å². The number of phenolic OH excluding ortho intramolecular Hbond substituents is 1. The molecule has 0 aliphatic heterocycles. The molecule has 0 radical (unpaired) electrons. The molecule has 0 atom stereocenters. The summed E-state index contributed by atoms with van der Waals surface area (Å²) in [6.45, 7) is 0. The molecule has 7 nitrogen and oxygen atoms in total. The van der Waals surface area contributed by atoms with E-state index in [1.54, 1.807) is 0 Å². The highest BCUT2D eigenvalue weighted by atomic mass is 35.5. The largest absolute Gasteiger partial charge is 0.502 e. The fourth-order valence-electron chi connectivity index (χ4n) is 1.81. The Bertz CT molecular complexity index is 889. The van der Waals surface area contributed by atoms with Crippen LogP contribution in [0.3, 0.4) is 0 Å². The van der Waals surface area contributed by atoms with Crippen molar-refractivity contribution in [2.75, 3.05) is 0 Å². The van der Waals surface area contributed by atoms with Crippen molar-refractivity contribution in [3.8, 4) is 16.5 Å². The number of nitro groups is 1. The van der Waals surface area contributed by atoms with Crippen molar-refractivity contribution in [2.45, 2.75) is 0 Å². The summed E-state index contributed by atoms with van der Waals surface area (Å²) in [5.41, 5.74) is 0.0170. The first-order valence-electron chi connectivity index (χ1n) is 6.27. The lowest BCUT2D eigenvalue weighted by molar-refractivity contribution is -0.385. The first kappa shape index (κ1) is 15.2. The van der Waals surface area contributed by atoms with Crippen LogP contribution in [-0.2, 0) is 0 Å². The number of rotatable bonds is 4. The number of benzene rings is 1. The minimum absolute atomic E-state index is 0.103. The summed E-state index contributed by atoms with van der Waals surface area (Å²) >= 11 is 7.58. The fraction of sp³-hybridized carbons (Fsp3) is 0. The Morgan fingerprint density at radius 2 is 2.26 bits per heavy atom. The van der Waals surface area contributed by atoms with Gasteiger partial charge in [0.1, 0.15) is 5.03 Å². The van der Waals surface area contributed by atoms with Gasteiger partial charge < -0.3 is 9.63 Å². The van der Waals surface area contributed by atoms with Crippen LogP contribution >= 0.6 is 22.9 Å². The Morgan fingerprint density at radius 1 is 1.43 bits per heavy atom. The first-order chi connectivity index (χ1) is 11.0. The SMILES string of the molecule is O=[N+]([O-])c1cc(/C=C(\Cl)c2nc(-c3cccs3)no2)ccc1O. The predicted octanol–water partition coefficient (Wildman–Crippen LogP) is 4.15. The molecule has 0 amide bonds. The number of hydrogen-bond donors (Lipinski definition) is 1. The molecule has 0 aliphatic carbocycles. The maximum atomic E-state index is 10.8. The molecule has 0 saturated heterocycles. The van der Waals surface area contributed by atoms with Gasteiger partial charge in [0.05, 0.1) is 9.80 Å². The minimum Gasteiger partial charge on any atom is -0.502 e.